The van der Waals surface area contributed by atoms with E-state index in [1.165, 1.54) is 0 Å². The van der Waals surface area contributed by atoms with Crippen molar-refractivity contribution in [2.75, 3.05) is 0 Å². The van der Waals surface area contributed by atoms with E-state index in [0.717, 1.165) is 12.0 Å². The first-order chi connectivity index (χ1) is 11.5. The van der Waals surface area contributed by atoms with Gasteiger partial charge in [0, 0.05) is 0 Å². The number of hydrogen-bond donors (Lipinski definition) is 3. The van der Waals surface area contributed by atoms with Crippen molar-refractivity contribution >= 4 is 13.5 Å². The number of carbonyl (C=O) groups is 1. The van der Waals surface area contributed by atoms with Crippen LogP contribution in [0.1, 0.15) is 24.0 Å². The third-order valence-corrected chi connectivity index (χ3v) is 5.21. The zero-order chi connectivity index (χ0) is 17.4. The summed E-state index contributed by atoms with van der Waals surface area (Å²) in [5.41, 5.74) is 1.82. The van der Waals surface area contributed by atoms with Gasteiger partial charge in [0.2, 0.25) is 0 Å². The molecule has 0 fully saturated rings. The Labute approximate surface area is 141 Å². The van der Waals surface area contributed by atoms with Gasteiger partial charge in [-0.3, -0.25) is 9.36 Å². The number of hydrogen-bond acceptors (Lipinski definition) is 2. The highest BCUT2D eigenvalue weighted by atomic mass is 31.2. The summed E-state index contributed by atoms with van der Waals surface area (Å²) in [6.45, 7) is 0. The van der Waals surface area contributed by atoms with E-state index in [2.05, 4.69) is 5.09 Å². The summed E-state index contributed by atoms with van der Waals surface area (Å²) >= 11 is 0. The molecule has 24 heavy (non-hydrogen) atoms. The lowest BCUT2D eigenvalue weighted by Gasteiger charge is -2.19. The molecule has 6 heteroatoms. The van der Waals surface area contributed by atoms with Gasteiger partial charge in [0.05, 0.1) is 6.16 Å². The second-order valence-corrected chi connectivity index (χ2v) is 7.72. The maximum Gasteiger partial charge on any atom is 0.321 e. The Bertz CT molecular complexity index is 691. The molecule has 0 saturated heterocycles. The Morgan fingerprint density at radius 3 is 2.08 bits per heavy atom. The van der Waals surface area contributed by atoms with Gasteiger partial charge in [0.25, 0.3) is 7.52 Å². The molecule has 2 unspecified atom stereocenters. The molecule has 0 amide bonds. The van der Waals surface area contributed by atoms with Crippen LogP contribution in [-0.4, -0.2) is 22.0 Å². The molecule has 2 aromatic carbocycles. The van der Waals surface area contributed by atoms with Gasteiger partial charge in [-0.15, -0.1) is 0 Å². The molecule has 2 aromatic rings. The monoisotopic (exact) mass is 347 g/mol. The van der Waals surface area contributed by atoms with Crippen molar-refractivity contribution in [1.82, 2.24) is 5.09 Å². The maximum atomic E-state index is 12.3. The van der Waals surface area contributed by atoms with Crippen LogP contribution in [0, 0.1) is 0 Å². The van der Waals surface area contributed by atoms with Crippen molar-refractivity contribution in [3.63, 3.8) is 0 Å². The Kier molecular flexibility index (Phi) is 6.73. The smallest absolute Gasteiger partial charge is 0.321 e. The van der Waals surface area contributed by atoms with Crippen molar-refractivity contribution in [3.05, 3.63) is 71.8 Å². The van der Waals surface area contributed by atoms with E-state index >= 15 is 0 Å². The van der Waals surface area contributed by atoms with Crippen LogP contribution < -0.4 is 5.09 Å². The minimum atomic E-state index is -3.77. The molecule has 5 nitrogen and oxygen atoms in total. The fraction of sp³-hybridized carbons (Fsp3) is 0.278. The molecule has 0 aromatic heterocycles. The Morgan fingerprint density at radius 1 is 1.00 bits per heavy atom. The van der Waals surface area contributed by atoms with Crippen LogP contribution in [0.2, 0.25) is 0 Å². The molecule has 0 bridgehead atoms. The van der Waals surface area contributed by atoms with E-state index in [9.17, 15) is 19.4 Å². The van der Waals surface area contributed by atoms with E-state index in [-0.39, 0.29) is 6.16 Å². The van der Waals surface area contributed by atoms with E-state index in [4.69, 9.17) is 0 Å². The molecule has 0 heterocycles. The lowest BCUT2D eigenvalue weighted by atomic mass is 10.1. The summed E-state index contributed by atoms with van der Waals surface area (Å²) < 4.78 is 12.3. The van der Waals surface area contributed by atoms with Crippen molar-refractivity contribution in [2.45, 2.75) is 31.5 Å². The first-order valence-corrected chi connectivity index (χ1v) is 9.71. The number of carboxylic acid groups (broad SMARTS) is 1. The minimum Gasteiger partial charge on any atom is -0.480 e. The van der Waals surface area contributed by atoms with Crippen LogP contribution in [0.4, 0.5) is 0 Å². The third kappa shape index (κ3) is 6.28. The van der Waals surface area contributed by atoms with Gasteiger partial charge >= 0.3 is 5.97 Å². The first kappa shape index (κ1) is 18.4. The van der Waals surface area contributed by atoms with Gasteiger partial charge in [0.1, 0.15) is 6.04 Å². The van der Waals surface area contributed by atoms with Crippen LogP contribution in [0.25, 0.3) is 0 Å². The zero-order valence-corrected chi connectivity index (χ0v) is 14.2. The number of benzene rings is 2. The van der Waals surface area contributed by atoms with Gasteiger partial charge in [-0.2, -0.15) is 0 Å². The molecule has 0 aliphatic heterocycles. The molecule has 0 saturated carbocycles. The van der Waals surface area contributed by atoms with Crippen molar-refractivity contribution in [2.24, 2.45) is 0 Å². The molecule has 0 aliphatic carbocycles. The number of nitrogens with one attached hydrogen (secondary N) is 1. The Hall–Kier alpha value is -1.94. The number of aryl methyl sites for hydroxylation is 1. The SMILES string of the molecule is O=C(O)C(CCCc1ccccc1)NP(=O)(O)Cc1ccccc1. The van der Waals surface area contributed by atoms with E-state index in [0.29, 0.717) is 18.4 Å². The highest BCUT2D eigenvalue weighted by molar-refractivity contribution is 7.55. The third-order valence-electron chi connectivity index (χ3n) is 3.70. The van der Waals surface area contributed by atoms with Gasteiger partial charge in [-0.1, -0.05) is 60.7 Å². The topological polar surface area (TPSA) is 86.6 Å². The highest BCUT2D eigenvalue weighted by Crippen LogP contribution is 2.40. The quantitative estimate of drug-likeness (QED) is 0.605. The minimum absolute atomic E-state index is 0.0870. The predicted octanol–water partition coefficient (Wildman–Crippen LogP) is 3.44. The highest BCUT2D eigenvalue weighted by Gasteiger charge is 2.27. The van der Waals surface area contributed by atoms with Crippen LogP contribution in [0.5, 0.6) is 0 Å². The normalized spacial score (nSPS) is 14.7. The number of rotatable bonds is 9. The van der Waals surface area contributed by atoms with Crippen LogP contribution >= 0.6 is 7.52 Å². The standard InChI is InChI=1S/C18H22NO4P/c20-18(21)17(13-7-12-15-8-3-1-4-9-15)19-24(22,23)14-16-10-5-2-6-11-16/h1-6,8-11,17H,7,12-14H2,(H,20,21)(H2,19,22,23). The molecular weight excluding hydrogens is 325 g/mol. The van der Waals surface area contributed by atoms with Crippen LogP contribution in [0.3, 0.4) is 0 Å². The van der Waals surface area contributed by atoms with E-state index < -0.39 is 19.5 Å². The fourth-order valence-corrected chi connectivity index (χ4v) is 4.04. The first-order valence-electron chi connectivity index (χ1n) is 7.86. The summed E-state index contributed by atoms with van der Waals surface area (Å²) in [5.74, 6) is -1.11. The molecule has 3 N–H and O–H groups in total. The summed E-state index contributed by atoms with van der Waals surface area (Å²) in [4.78, 5) is 21.5. The summed E-state index contributed by atoms with van der Waals surface area (Å²) in [6.07, 6.45) is 1.57. The summed E-state index contributed by atoms with van der Waals surface area (Å²) in [6, 6.07) is 17.6. The maximum absolute atomic E-state index is 12.3. The molecule has 2 atom stereocenters. The van der Waals surface area contributed by atoms with Gasteiger partial charge in [-0.25, -0.2) is 5.09 Å². The van der Waals surface area contributed by atoms with Crippen molar-refractivity contribution in [3.8, 4) is 0 Å². The fourth-order valence-electron chi connectivity index (χ4n) is 2.52. The summed E-state index contributed by atoms with van der Waals surface area (Å²) in [7, 11) is -3.77. The predicted molar refractivity (Wildman–Crippen MR) is 93.9 cm³/mol. The molecule has 128 valence electrons. The number of carboxylic acids is 1. The van der Waals surface area contributed by atoms with E-state index in [1.54, 1.807) is 24.3 Å². The number of aliphatic carboxylic acids is 1. The van der Waals surface area contributed by atoms with Crippen molar-refractivity contribution in [1.29, 1.82) is 0 Å². The second-order valence-electron chi connectivity index (χ2n) is 5.74. The average Bonchev–Trinajstić information content (AvgIpc) is 2.55. The summed E-state index contributed by atoms with van der Waals surface area (Å²) in [5, 5.41) is 11.7. The molecule has 0 radical (unpaired) electrons. The molecule has 0 spiro atoms. The molecular formula is C18H22NO4P. The second kappa shape index (κ2) is 8.78. The van der Waals surface area contributed by atoms with E-state index in [1.807, 2.05) is 36.4 Å². The Balaban J connectivity index is 1.90. The molecule has 0 aliphatic rings. The Morgan fingerprint density at radius 2 is 1.54 bits per heavy atom. The van der Waals surface area contributed by atoms with Crippen LogP contribution in [-0.2, 0) is 21.9 Å². The lowest BCUT2D eigenvalue weighted by molar-refractivity contribution is -0.139. The van der Waals surface area contributed by atoms with Crippen LogP contribution in [0.15, 0.2) is 60.7 Å². The zero-order valence-electron chi connectivity index (χ0n) is 13.3. The van der Waals surface area contributed by atoms with Gasteiger partial charge in [-0.05, 0) is 30.4 Å². The van der Waals surface area contributed by atoms with Gasteiger partial charge < -0.3 is 10.00 Å². The largest absolute Gasteiger partial charge is 0.480 e. The van der Waals surface area contributed by atoms with Gasteiger partial charge in [0.15, 0.2) is 0 Å². The molecule has 2 rings (SSSR count). The van der Waals surface area contributed by atoms with Crippen molar-refractivity contribution < 1.29 is 19.4 Å². The average molecular weight is 347 g/mol. The lowest BCUT2D eigenvalue weighted by Crippen LogP contribution is -2.34.